The highest BCUT2D eigenvalue weighted by molar-refractivity contribution is 5.86. The van der Waals surface area contributed by atoms with E-state index in [9.17, 15) is 4.79 Å². The van der Waals surface area contributed by atoms with Crippen molar-refractivity contribution < 1.29 is 4.79 Å². The minimum atomic E-state index is 0. The van der Waals surface area contributed by atoms with Gasteiger partial charge in [-0.1, -0.05) is 6.07 Å². The van der Waals surface area contributed by atoms with Crippen LogP contribution in [0.3, 0.4) is 0 Å². The van der Waals surface area contributed by atoms with Gasteiger partial charge in [0, 0.05) is 50.9 Å². The normalized spacial score (nSPS) is 13.9. The second-order valence-corrected chi connectivity index (χ2v) is 5.76. The van der Waals surface area contributed by atoms with Crippen molar-refractivity contribution in [3.05, 3.63) is 23.9 Å². The summed E-state index contributed by atoms with van der Waals surface area (Å²) >= 11 is 0. The SMILES string of the molecule is CNCCCC(=O)NCc1cccnc1N1CCN(C)CC1.Cl.Cl.Cl. The van der Waals surface area contributed by atoms with Crippen LogP contribution in [-0.4, -0.2) is 62.6 Å². The largest absolute Gasteiger partial charge is 0.354 e. The molecule has 1 fully saturated rings. The standard InChI is InChI=1S/C16H27N5O.3ClH/c1-17-7-4-6-15(22)19-13-14-5-3-8-18-16(14)21-11-9-20(2)10-12-21;;;/h3,5,8,17H,4,6-7,9-13H2,1-2H3,(H,19,22);3*1H. The molecule has 0 unspecified atom stereocenters. The Hall–Kier alpha value is -0.790. The van der Waals surface area contributed by atoms with Crippen molar-refractivity contribution in [1.82, 2.24) is 20.5 Å². The van der Waals surface area contributed by atoms with Crippen LogP contribution in [0.4, 0.5) is 5.82 Å². The van der Waals surface area contributed by atoms with Crippen molar-refractivity contribution >= 4 is 48.9 Å². The number of hydrogen-bond acceptors (Lipinski definition) is 5. The molecule has 6 nitrogen and oxygen atoms in total. The first-order chi connectivity index (χ1) is 10.7. The van der Waals surface area contributed by atoms with E-state index in [1.165, 1.54) is 0 Å². The third kappa shape index (κ3) is 8.92. The van der Waals surface area contributed by atoms with E-state index in [-0.39, 0.29) is 43.1 Å². The summed E-state index contributed by atoms with van der Waals surface area (Å²) in [7, 11) is 4.04. The Morgan fingerprint density at radius 3 is 2.52 bits per heavy atom. The fourth-order valence-electron chi connectivity index (χ4n) is 2.58. The van der Waals surface area contributed by atoms with E-state index in [1.54, 1.807) is 0 Å². The Morgan fingerprint density at radius 1 is 1.20 bits per heavy atom. The summed E-state index contributed by atoms with van der Waals surface area (Å²) in [5, 5.41) is 6.05. The van der Waals surface area contributed by atoms with Crippen molar-refractivity contribution in [1.29, 1.82) is 0 Å². The average molecular weight is 415 g/mol. The van der Waals surface area contributed by atoms with Crippen molar-refractivity contribution in [3.8, 4) is 0 Å². The highest BCUT2D eigenvalue weighted by Crippen LogP contribution is 2.18. The molecule has 1 aliphatic rings. The molecular weight excluding hydrogens is 385 g/mol. The molecule has 0 spiro atoms. The molecule has 2 rings (SSSR count). The lowest BCUT2D eigenvalue weighted by molar-refractivity contribution is -0.121. The second-order valence-electron chi connectivity index (χ2n) is 5.76. The maximum atomic E-state index is 11.8. The number of nitrogens with one attached hydrogen (secondary N) is 2. The lowest BCUT2D eigenvalue weighted by atomic mass is 10.2. The molecule has 1 aromatic rings. The summed E-state index contributed by atoms with van der Waals surface area (Å²) in [4.78, 5) is 21.0. The smallest absolute Gasteiger partial charge is 0.220 e. The first-order valence-electron chi connectivity index (χ1n) is 7.99. The molecule has 9 heteroatoms. The quantitative estimate of drug-likeness (QED) is 0.665. The van der Waals surface area contributed by atoms with Gasteiger partial charge in [-0.05, 0) is 33.1 Å². The van der Waals surface area contributed by atoms with E-state index in [2.05, 4.69) is 38.5 Å². The molecule has 1 aromatic heterocycles. The van der Waals surface area contributed by atoms with Gasteiger partial charge in [0.05, 0.1) is 0 Å². The van der Waals surface area contributed by atoms with Gasteiger partial charge in [0.25, 0.3) is 0 Å². The van der Waals surface area contributed by atoms with Crippen LogP contribution in [-0.2, 0) is 11.3 Å². The minimum Gasteiger partial charge on any atom is -0.354 e. The number of hydrogen-bond donors (Lipinski definition) is 2. The van der Waals surface area contributed by atoms with Gasteiger partial charge in [-0.25, -0.2) is 4.98 Å². The van der Waals surface area contributed by atoms with Crippen molar-refractivity contribution in [2.75, 3.05) is 51.7 Å². The number of carbonyl (C=O) groups is 1. The highest BCUT2D eigenvalue weighted by Gasteiger charge is 2.18. The Bertz CT molecular complexity index is 485. The number of likely N-dealkylation sites (N-methyl/N-ethyl adjacent to an activating group) is 1. The lowest BCUT2D eigenvalue weighted by Crippen LogP contribution is -2.45. The first-order valence-corrected chi connectivity index (χ1v) is 7.99. The Balaban J connectivity index is 0. The summed E-state index contributed by atoms with van der Waals surface area (Å²) in [5.74, 6) is 1.11. The van der Waals surface area contributed by atoms with Crippen LogP contribution in [0, 0.1) is 0 Å². The van der Waals surface area contributed by atoms with Gasteiger partial charge in [-0.3, -0.25) is 4.79 Å². The Kier molecular flexibility index (Phi) is 15.2. The van der Waals surface area contributed by atoms with Gasteiger partial charge >= 0.3 is 0 Å². The number of amides is 1. The van der Waals surface area contributed by atoms with Gasteiger partial charge < -0.3 is 20.4 Å². The molecule has 1 amide bonds. The van der Waals surface area contributed by atoms with Crippen molar-refractivity contribution in [3.63, 3.8) is 0 Å². The van der Waals surface area contributed by atoms with Gasteiger partial charge in [0.15, 0.2) is 0 Å². The fourth-order valence-corrected chi connectivity index (χ4v) is 2.58. The monoisotopic (exact) mass is 413 g/mol. The molecule has 0 aromatic carbocycles. The Labute approximate surface area is 169 Å². The fraction of sp³-hybridized carbons (Fsp3) is 0.625. The number of piperazine rings is 1. The van der Waals surface area contributed by atoms with E-state index >= 15 is 0 Å². The predicted octanol–water partition coefficient (Wildman–Crippen LogP) is 1.71. The van der Waals surface area contributed by atoms with Gasteiger partial charge in [0.1, 0.15) is 5.82 Å². The minimum absolute atomic E-state index is 0. The topological polar surface area (TPSA) is 60.5 Å². The molecule has 1 saturated heterocycles. The zero-order valence-corrected chi connectivity index (χ0v) is 17.3. The molecule has 2 heterocycles. The third-order valence-electron chi connectivity index (χ3n) is 3.98. The van der Waals surface area contributed by atoms with E-state index in [4.69, 9.17) is 0 Å². The van der Waals surface area contributed by atoms with Gasteiger partial charge in [-0.2, -0.15) is 0 Å². The third-order valence-corrected chi connectivity index (χ3v) is 3.98. The maximum Gasteiger partial charge on any atom is 0.220 e. The molecule has 0 radical (unpaired) electrons. The number of aromatic nitrogens is 1. The number of carbonyl (C=O) groups excluding carboxylic acids is 1. The van der Waals surface area contributed by atoms with E-state index in [1.807, 2.05) is 19.3 Å². The molecule has 0 bridgehead atoms. The molecular formula is C16H30Cl3N5O. The van der Waals surface area contributed by atoms with Crippen molar-refractivity contribution in [2.24, 2.45) is 0 Å². The summed E-state index contributed by atoms with van der Waals surface area (Å²) in [6.07, 6.45) is 3.25. The molecule has 25 heavy (non-hydrogen) atoms. The summed E-state index contributed by atoms with van der Waals surface area (Å²) in [5.41, 5.74) is 1.09. The summed E-state index contributed by atoms with van der Waals surface area (Å²) in [6.45, 7) is 5.48. The van der Waals surface area contributed by atoms with Gasteiger partial charge in [0.2, 0.25) is 5.91 Å². The van der Waals surface area contributed by atoms with Crippen molar-refractivity contribution in [2.45, 2.75) is 19.4 Å². The molecule has 146 valence electrons. The van der Waals surface area contributed by atoms with E-state index in [0.717, 1.165) is 50.5 Å². The lowest BCUT2D eigenvalue weighted by Gasteiger charge is -2.34. The van der Waals surface area contributed by atoms with Gasteiger partial charge in [-0.15, -0.1) is 37.2 Å². The molecule has 2 N–H and O–H groups in total. The molecule has 0 atom stereocenters. The van der Waals surface area contributed by atoms with Crippen LogP contribution < -0.4 is 15.5 Å². The Morgan fingerprint density at radius 2 is 1.88 bits per heavy atom. The number of nitrogens with zero attached hydrogens (tertiary/aromatic N) is 3. The van der Waals surface area contributed by atoms with Crippen LogP contribution in [0.2, 0.25) is 0 Å². The predicted molar refractivity (Wildman–Crippen MR) is 111 cm³/mol. The maximum absolute atomic E-state index is 11.8. The number of anilines is 1. The molecule has 0 saturated carbocycles. The average Bonchev–Trinajstić information content (AvgIpc) is 2.54. The molecule has 0 aliphatic carbocycles. The van der Waals surface area contributed by atoms with Crippen LogP contribution in [0.5, 0.6) is 0 Å². The van der Waals surface area contributed by atoms with E-state index < -0.39 is 0 Å². The zero-order chi connectivity index (χ0) is 15.8. The van der Waals surface area contributed by atoms with Crippen LogP contribution in [0.1, 0.15) is 18.4 Å². The molecule has 1 aliphatic heterocycles. The highest BCUT2D eigenvalue weighted by atomic mass is 35.5. The summed E-state index contributed by atoms with van der Waals surface area (Å²) in [6, 6.07) is 3.98. The van der Waals surface area contributed by atoms with Crippen LogP contribution in [0.25, 0.3) is 0 Å². The number of pyridine rings is 1. The van der Waals surface area contributed by atoms with Crippen LogP contribution >= 0.6 is 37.2 Å². The second kappa shape index (κ2) is 14.4. The number of rotatable bonds is 7. The number of halogens is 3. The van der Waals surface area contributed by atoms with E-state index in [0.29, 0.717) is 13.0 Å². The van der Waals surface area contributed by atoms with Crippen LogP contribution in [0.15, 0.2) is 18.3 Å². The first kappa shape index (κ1) is 26.4. The zero-order valence-electron chi connectivity index (χ0n) is 14.9. The summed E-state index contributed by atoms with van der Waals surface area (Å²) < 4.78 is 0.